The minimum Gasteiger partial charge on any atom is -0.330 e. The summed E-state index contributed by atoms with van der Waals surface area (Å²) in [5.74, 6) is 0.812. The summed E-state index contributed by atoms with van der Waals surface area (Å²) < 4.78 is 0. The van der Waals surface area contributed by atoms with Crippen molar-refractivity contribution in [2.75, 3.05) is 26.2 Å². The lowest BCUT2D eigenvalue weighted by molar-refractivity contribution is 0.249. The van der Waals surface area contributed by atoms with Crippen LogP contribution in [-0.2, 0) is 0 Å². The molecule has 0 aromatic heterocycles. The lowest BCUT2D eigenvalue weighted by atomic mass is 9.93. The zero-order valence-corrected chi connectivity index (χ0v) is 10.1. The fraction of sp³-hybridized carbons (Fsp3) is 1.00. The van der Waals surface area contributed by atoms with Crippen molar-refractivity contribution in [1.29, 1.82) is 0 Å². The number of nitrogens with zero attached hydrogens (tertiary/aromatic N) is 1. The number of likely N-dealkylation sites (tertiary alicyclic amines) is 1. The second-order valence-electron chi connectivity index (χ2n) is 5.69. The molecule has 0 aliphatic carbocycles. The molecule has 1 saturated heterocycles. The highest BCUT2D eigenvalue weighted by atomic mass is 15.2. The Kier molecular flexibility index (Phi) is 4.39. The third-order valence-corrected chi connectivity index (χ3v) is 3.23. The summed E-state index contributed by atoms with van der Waals surface area (Å²) in [5.41, 5.74) is 6.06. The van der Waals surface area contributed by atoms with E-state index in [2.05, 4.69) is 25.7 Å². The van der Waals surface area contributed by atoms with Gasteiger partial charge in [-0.2, -0.15) is 0 Å². The minimum absolute atomic E-state index is 0.549. The molecule has 0 spiro atoms. The van der Waals surface area contributed by atoms with Gasteiger partial charge in [0.25, 0.3) is 0 Å². The molecule has 14 heavy (non-hydrogen) atoms. The van der Waals surface area contributed by atoms with Gasteiger partial charge < -0.3 is 10.6 Å². The van der Waals surface area contributed by atoms with E-state index in [4.69, 9.17) is 5.73 Å². The molecule has 2 N–H and O–H groups in total. The lowest BCUT2D eigenvalue weighted by Gasteiger charge is -2.22. The maximum absolute atomic E-state index is 5.51. The van der Waals surface area contributed by atoms with Gasteiger partial charge in [-0.3, -0.25) is 0 Å². The van der Waals surface area contributed by atoms with Crippen LogP contribution < -0.4 is 5.73 Å². The summed E-state index contributed by atoms with van der Waals surface area (Å²) in [5, 5.41) is 0. The maximum atomic E-state index is 5.51. The zero-order valence-electron chi connectivity index (χ0n) is 10.1. The van der Waals surface area contributed by atoms with Crippen molar-refractivity contribution in [3.63, 3.8) is 0 Å². The predicted molar refractivity (Wildman–Crippen MR) is 62.3 cm³/mol. The first-order chi connectivity index (χ1) is 6.53. The highest BCUT2D eigenvalue weighted by Gasteiger charge is 2.29. The van der Waals surface area contributed by atoms with Crippen LogP contribution in [0.1, 0.15) is 40.0 Å². The SMILES string of the molecule is CC(CCCN)CN1CCC(C)(C)C1. The first-order valence-corrected chi connectivity index (χ1v) is 5.96. The van der Waals surface area contributed by atoms with E-state index in [1.165, 1.54) is 38.9 Å². The first kappa shape index (κ1) is 12.0. The Morgan fingerprint density at radius 3 is 2.64 bits per heavy atom. The summed E-state index contributed by atoms with van der Waals surface area (Å²) in [6.45, 7) is 11.8. The molecule has 0 amide bonds. The topological polar surface area (TPSA) is 29.3 Å². The van der Waals surface area contributed by atoms with E-state index in [1.807, 2.05) is 0 Å². The van der Waals surface area contributed by atoms with Crippen LogP contribution in [0.25, 0.3) is 0 Å². The Hall–Kier alpha value is -0.0800. The van der Waals surface area contributed by atoms with Gasteiger partial charge in [0, 0.05) is 13.1 Å². The molecule has 1 unspecified atom stereocenters. The van der Waals surface area contributed by atoms with Gasteiger partial charge in [0.05, 0.1) is 0 Å². The third-order valence-electron chi connectivity index (χ3n) is 3.23. The molecule has 0 saturated carbocycles. The Morgan fingerprint density at radius 1 is 1.43 bits per heavy atom. The van der Waals surface area contributed by atoms with Crippen LogP contribution >= 0.6 is 0 Å². The predicted octanol–water partition coefficient (Wildman–Crippen LogP) is 2.09. The smallest absolute Gasteiger partial charge is 0.00333 e. The van der Waals surface area contributed by atoms with Crippen LogP contribution in [0.4, 0.5) is 0 Å². The first-order valence-electron chi connectivity index (χ1n) is 5.96. The zero-order chi connectivity index (χ0) is 10.6. The average molecular weight is 198 g/mol. The lowest BCUT2D eigenvalue weighted by Crippen LogP contribution is -2.28. The minimum atomic E-state index is 0.549. The summed E-state index contributed by atoms with van der Waals surface area (Å²) in [4.78, 5) is 2.61. The Bertz CT molecular complexity index is 166. The molecular formula is C12H26N2. The van der Waals surface area contributed by atoms with Gasteiger partial charge in [-0.05, 0) is 43.7 Å². The van der Waals surface area contributed by atoms with Gasteiger partial charge in [-0.25, -0.2) is 0 Å². The van der Waals surface area contributed by atoms with Gasteiger partial charge in [-0.1, -0.05) is 20.8 Å². The van der Waals surface area contributed by atoms with E-state index in [-0.39, 0.29) is 0 Å². The van der Waals surface area contributed by atoms with Crippen molar-refractivity contribution < 1.29 is 0 Å². The molecule has 2 nitrogen and oxygen atoms in total. The Morgan fingerprint density at radius 2 is 2.14 bits per heavy atom. The molecule has 2 heteroatoms. The number of hydrogen-bond acceptors (Lipinski definition) is 2. The van der Waals surface area contributed by atoms with Crippen molar-refractivity contribution in [2.45, 2.75) is 40.0 Å². The van der Waals surface area contributed by atoms with Crippen LogP contribution in [-0.4, -0.2) is 31.1 Å². The molecule has 0 aromatic carbocycles. The molecule has 1 aliphatic heterocycles. The van der Waals surface area contributed by atoms with E-state index >= 15 is 0 Å². The monoisotopic (exact) mass is 198 g/mol. The number of hydrogen-bond donors (Lipinski definition) is 1. The van der Waals surface area contributed by atoms with Crippen molar-refractivity contribution in [3.8, 4) is 0 Å². The van der Waals surface area contributed by atoms with Crippen LogP contribution in [0.5, 0.6) is 0 Å². The summed E-state index contributed by atoms with van der Waals surface area (Å²) in [6.07, 6.45) is 3.82. The second kappa shape index (κ2) is 5.13. The maximum Gasteiger partial charge on any atom is 0.00333 e. The molecule has 1 atom stereocenters. The Balaban J connectivity index is 2.18. The summed E-state index contributed by atoms with van der Waals surface area (Å²) in [7, 11) is 0. The molecule has 1 heterocycles. The molecule has 1 rings (SSSR count). The van der Waals surface area contributed by atoms with Gasteiger partial charge in [0.1, 0.15) is 0 Å². The third kappa shape index (κ3) is 3.97. The molecule has 0 radical (unpaired) electrons. The highest BCUT2D eigenvalue weighted by Crippen LogP contribution is 2.29. The van der Waals surface area contributed by atoms with Gasteiger partial charge in [-0.15, -0.1) is 0 Å². The van der Waals surface area contributed by atoms with Crippen LogP contribution in [0.15, 0.2) is 0 Å². The standard InChI is InChI=1S/C12H26N2/c1-11(5-4-7-13)9-14-8-6-12(2,3)10-14/h11H,4-10,13H2,1-3H3. The Labute approximate surface area is 88.8 Å². The fourth-order valence-corrected chi connectivity index (χ4v) is 2.38. The summed E-state index contributed by atoms with van der Waals surface area (Å²) in [6, 6.07) is 0. The molecule has 1 aliphatic rings. The normalized spacial score (nSPS) is 24.0. The molecule has 0 bridgehead atoms. The molecule has 84 valence electrons. The van der Waals surface area contributed by atoms with E-state index < -0.39 is 0 Å². The van der Waals surface area contributed by atoms with E-state index in [9.17, 15) is 0 Å². The van der Waals surface area contributed by atoms with Crippen molar-refractivity contribution in [1.82, 2.24) is 4.90 Å². The highest BCUT2D eigenvalue weighted by molar-refractivity contribution is 4.83. The van der Waals surface area contributed by atoms with Gasteiger partial charge in [0.2, 0.25) is 0 Å². The van der Waals surface area contributed by atoms with Gasteiger partial charge >= 0.3 is 0 Å². The van der Waals surface area contributed by atoms with Crippen LogP contribution in [0.3, 0.4) is 0 Å². The van der Waals surface area contributed by atoms with Gasteiger partial charge in [0.15, 0.2) is 0 Å². The van der Waals surface area contributed by atoms with E-state index in [0.717, 1.165) is 12.5 Å². The largest absolute Gasteiger partial charge is 0.330 e. The van der Waals surface area contributed by atoms with Crippen molar-refractivity contribution in [2.24, 2.45) is 17.1 Å². The van der Waals surface area contributed by atoms with Crippen LogP contribution in [0.2, 0.25) is 0 Å². The van der Waals surface area contributed by atoms with Crippen molar-refractivity contribution in [3.05, 3.63) is 0 Å². The quantitative estimate of drug-likeness (QED) is 0.733. The van der Waals surface area contributed by atoms with Crippen LogP contribution in [0, 0.1) is 11.3 Å². The molecular weight excluding hydrogens is 172 g/mol. The molecule has 0 aromatic rings. The average Bonchev–Trinajstić information content (AvgIpc) is 2.42. The fourth-order valence-electron chi connectivity index (χ4n) is 2.38. The second-order valence-corrected chi connectivity index (χ2v) is 5.69. The van der Waals surface area contributed by atoms with Crippen molar-refractivity contribution >= 4 is 0 Å². The molecule has 1 fully saturated rings. The number of rotatable bonds is 5. The summed E-state index contributed by atoms with van der Waals surface area (Å²) >= 11 is 0. The number of nitrogens with two attached hydrogens (primary N) is 1. The van der Waals surface area contributed by atoms with E-state index in [1.54, 1.807) is 0 Å². The van der Waals surface area contributed by atoms with E-state index in [0.29, 0.717) is 5.41 Å².